The maximum absolute atomic E-state index is 13.4. The lowest BCUT2D eigenvalue weighted by Gasteiger charge is -2.25. The molecular formula is C11H11ClFNO4S. The molecule has 0 bridgehead atoms. The summed E-state index contributed by atoms with van der Waals surface area (Å²) in [6.45, 7) is 0. The van der Waals surface area contributed by atoms with Crippen LogP contribution in [-0.4, -0.2) is 20.5 Å². The van der Waals surface area contributed by atoms with Crippen molar-refractivity contribution in [1.29, 1.82) is 0 Å². The predicted octanol–water partition coefficient (Wildman–Crippen LogP) is 1.84. The first-order chi connectivity index (χ1) is 8.79. The van der Waals surface area contributed by atoms with Gasteiger partial charge in [-0.25, -0.2) is 22.7 Å². The highest BCUT2D eigenvalue weighted by Crippen LogP contribution is 2.27. The molecule has 0 aromatic heterocycles. The van der Waals surface area contributed by atoms with Crippen LogP contribution in [-0.2, 0) is 14.8 Å². The van der Waals surface area contributed by atoms with E-state index < -0.39 is 26.7 Å². The number of benzene rings is 1. The Labute approximate surface area is 114 Å². The number of ether oxygens (including phenoxy) is 1. The third kappa shape index (κ3) is 3.05. The molecule has 19 heavy (non-hydrogen) atoms. The van der Waals surface area contributed by atoms with Crippen molar-refractivity contribution in [2.45, 2.75) is 30.3 Å². The molecule has 0 radical (unpaired) electrons. The molecule has 0 spiro atoms. The molecule has 0 atom stereocenters. The molecular weight excluding hydrogens is 297 g/mol. The Kier molecular flexibility index (Phi) is 3.80. The molecule has 1 fully saturated rings. The molecule has 0 unspecified atom stereocenters. The zero-order valence-corrected chi connectivity index (χ0v) is 11.3. The summed E-state index contributed by atoms with van der Waals surface area (Å²) < 4.78 is 40.9. The van der Waals surface area contributed by atoms with E-state index in [1.807, 2.05) is 0 Å². The predicted molar refractivity (Wildman–Crippen MR) is 65.8 cm³/mol. The summed E-state index contributed by atoms with van der Waals surface area (Å²) in [6.07, 6.45) is 2.29. The number of sulfonamides is 1. The number of carbonyl (C=O) groups is 1. The highest BCUT2D eigenvalue weighted by Gasteiger charge is 2.26. The molecule has 8 heteroatoms. The Hall–Kier alpha value is -1.18. The van der Waals surface area contributed by atoms with Crippen molar-refractivity contribution < 1.29 is 22.3 Å². The molecule has 1 saturated carbocycles. The van der Waals surface area contributed by atoms with Crippen molar-refractivity contribution >= 4 is 27.6 Å². The van der Waals surface area contributed by atoms with Gasteiger partial charge in [0, 0.05) is 0 Å². The monoisotopic (exact) mass is 307 g/mol. The standard InChI is InChI=1S/C11H11ClFNO4S/c12-8-5-9(13)10(19(14,16)17)4-7(8)11(15)18-6-2-1-3-6/h4-6H,1-3H2,(H2,14,16,17). The maximum atomic E-state index is 13.4. The Bertz CT molecular complexity index is 628. The van der Waals surface area contributed by atoms with Crippen LogP contribution in [0, 0.1) is 5.82 Å². The zero-order chi connectivity index (χ0) is 14.2. The van der Waals surface area contributed by atoms with Crippen LogP contribution in [0.1, 0.15) is 29.6 Å². The third-order valence-corrected chi connectivity index (χ3v) is 4.11. The van der Waals surface area contributed by atoms with Crippen LogP contribution in [0.5, 0.6) is 0 Å². The van der Waals surface area contributed by atoms with Gasteiger partial charge in [0.15, 0.2) is 0 Å². The number of hydrogen-bond acceptors (Lipinski definition) is 4. The van der Waals surface area contributed by atoms with Crippen molar-refractivity contribution in [3.8, 4) is 0 Å². The van der Waals surface area contributed by atoms with E-state index in [2.05, 4.69) is 0 Å². The average molecular weight is 308 g/mol. The van der Waals surface area contributed by atoms with E-state index in [0.717, 1.165) is 31.4 Å². The second-order valence-electron chi connectivity index (χ2n) is 4.27. The average Bonchev–Trinajstić information content (AvgIpc) is 2.21. The topological polar surface area (TPSA) is 86.5 Å². The number of carbonyl (C=O) groups excluding carboxylic acids is 1. The number of nitrogens with two attached hydrogens (primary N) is 1. The van der Waals surface area contributed by atoms with Crippen molar-refractivity contribution in [2.24, 2.45) is 5.14 Å². The molecule has 2 N–H and O–H groups in total. The lowest BCUT2D eigenvalue weighted by atomic mass is 9.96. The van der Waals surface area contributed by atoms with Crippen LogP contribution in [0.3, 0.4) is 0 Å². The number of rotatable bonds is 3. The maximum Gasteiger partial charge on any atom is 0.339 e. The van der Waals surface area contributed by atoms with Crippen LogP contribution in [0.25, 0.3) is 0 Å². The summed E-state index contributed by atoms with van der Waals surface area (Å²) in [7, 11) is -4.27. The van der Waals surface area contributed by atoms with Gasteiger partial charge >= 0.3 is 5.97 Å². The van der Waals surface area contributed by atoms with E-state index in [4.69, 9.17) is 21.5 Å². The van der Waals surface area contributed by atoms with Crippen LogP contribution >= 0.6 is 11.6 Å². The van der Waals surface area contributed by atoms with Gasteiger partial charge in [0.1, 0.15) is 16.8 Å². The third-order valence-electron chi connectivity index (χ3n) is 2.87. The van der Waals surface area contributed by atoms with Gasteiger partial charge in [0.2, 0.25) is 10.0 Å². The van der Waals surface area contributed by atoms with Crippen molar-refractivity contribution in [2.75, 3.05) is 0 Å². The summed E-state index contributed by atoms with van der Waals surface area (Å²) >= 11 is 5.71. The fourth-order valence-electron chi connectivity index (χ4n) is 1.61. The Morgan fingerprint density at radius 1 is 1.42 bits per heavy atom. The van der Waals surface area contributed by atoms with Crippen molar-refractivity contribution in [1.82, 2.24) is 0 Å². The highest BCUT2D eigenvalue weighted by molar-refractivity contribution is 7.89. The molecule has 5 nitrogen and oxygen atoms in total. The van der Waals surface area contributed by atoms with Crippen LogP contribution in [0.15, 0.2) is 17.0 Å². The van der Waals surface area contributed by atoms with E-state index in [9.17, 15) is 17.6 Å². The van der Waals surface area contributed by atoms with Gasteiger partial charge in [0.25, 0.3) is 0 Å². The van der Waals surface area contributed by atoms with Gasteiger partial charge in [-0.1, -0.05) is 11.6 Å². The minimum absolute atomic E-state index is 0.188. The molecule has 2 rings (SSSR count). The molecule has 1 aromatic carbocycles. The fourth-order valence-corrected chi connectivity index (χ4v) is 2.45. The van der Waals surface area contributed by atoms with Crippen molar-refractivity contribution in [3.05, 3.63) is 28.5 Å². The largest absolute Gasteiger partial charge is 0.459 e. The van der Waals surface area contributed by atoms with E-state index in [1.165, 1.54) is 0 Å². The normalized spacial score (nSPS) is 15.9. The Morgan fingerprint density at radius 2 is 2.05 bits per heavy atom. The minimum atomic E-state index is -4.27. The molecule has 0 saturated heterocycles. The van der Waals surface area contributed by atoms with E-state index >= 15 is 0 Å². The van der Waals surface area contributed by atoms with Gasteiger partial charge in [0.05, 0.1) is 10.6 Å². The number of esters is 1. The summed E-state index contributed by atoms with van der Waals surface area (Å²) in [6, 6.07) is 1.53. The first-order valence-electron chi connectivity index (χ1n) is 5.52. The van der Waals surface area contributed by atoms with Gasteiger partial charge < -0.3 is 4.74 Å². The molecule has 0 aliphatic heterocycles. The van der Waals surface area contributed by atoms with E-state index in [0.29, 0.717) is 0 Å². The summed E-state index contributed by atoms with van der Waals surface area (Å²) in [5.41, 5.74) is -0.209. The fraction of sp³-hybridized carbons (Fsp3) is 0.364. The quantitative estimate of drug-likeness (QED) is 0.863. The first kappa shape index (κ1) is 14.2. The van der Waals surface area contributed by atoms with Gasteiger partial charge in [-0.2, -0.15) is 0 Å². The summed E-state index contributed by atoms with van der Waals surface area (Å²) in [4.78, 5) is 11.0. The Morgan fingerprint density at radius 3 is 2.53 bits per heavy atom. The van der Waals surface area contributed by atoms with E-state index in [1.54, 1.807) is 0 Å². The second kappa shape index (κ2) is 5.07. The number of hydrogen-bond donors (Lipinski definition) is 1. The molecule has 1 aliphatic carbocycles. The Balaban J connectivity index is 2.36. The zero-order valence-electron chi connectivity index (χ0n) is 9.73. The van der Waals surface area contributed by atoms with Crippen LogP contribution in [0.2, 0.25) is 5.02 Å². The number of primary sulfonamides is 1. The lowest BCUT2D eigenvalue weighted by molar-refractivity contribution is 0.00899. The lowest BCUT2D eigenvalue weighted by Crippen LogP contribution is -2.25. The van der Waals surface area contributed by atoms with Crippen LogP contribution in [0.4, 0.5) is 4.39 Å². The van der Waals surface area contributed by atoms with Gasteiger partial charge in [-0.3, -0.25) is 0 Å². The van der Waals surface area contributed by atoms with E-state index in [-0.39, 0.29) is 16.7 Å². The SMILES string of the molecule is NS(=O)(=O)c1cc(C(=O)OC2CCC2)c(Cl)cc1F. The van der Waals surface area contributed by atoms with Crippen LogP contribution < -0.4 is 5.14 Å². The summed E-state index contributed by atoms with van der Waals surface area (Å²) in [5.74, 6) is -1.88. The molecule has 104 valence electrons. The highest BCUT2D eigenvalue weighted by atomic mass is 35.5. The van der Waals surface area contributed by atoms with Crippen molar-refractivity contribution in [3.63, 3.8) is 0 Å². The molecule has 1 aromatic rings. The molecule has 0 amide bonds. The number of halogens is 2. The van der Waals surface area contributed by atoms with Gasteiger partial charge in [-0.05, 0) is 31.4 Å². The molecule has 1 aliphatic rings. The molecule has 0 heterocycles. The smallest absolute Gasteiger partial charge is 0.339 e. The summed E-state index contributed by atoms with van der Waals surface area (Å²) in [5, 5.41) is 4.64. The van der Waals surface area contributed by atoms with Gasteiger partial charge in [-0.15, -0.1) is 0 Å². The first-order valence-corrected chi connectivity index (χ1v) is 7.44. The second-order valence-corrected chi connectivity index (χ2v) is 6.20. The minimum Gasteiger partial charge on any atom is -0.459 e.